The van der Waals surface area contributed by atoms with Gasteiger partial charge in [0.1, 0.15) is 0 Å². The van der Waals surface area contributed by atoms with Gasteiger partial charge in [0.2, 0.25) is 5.72 Å². The van der Waals surface area contributed by atoms with Crippen LogP contribution in [0.25, 0.3) is 10.9 Å². The molecule has 0 saturated carbocycles. The van der Waals surface area contributed by atoms with Crippen molar-refractivity contribution >= 4 is 32.8 Å². The van der Waals surface area contributed by atoms with Crippen LogP contribution >= 0.6 is 15.9 Å². The number of piperidine rings is 1. The van der Waals surface area contributed by atoms with E-state index in [1.807, 2.05) is 16.7 Å². The zero-order valence-electron chi connectivity index (χ0n) is 15.8. The molecule has 3 aliphatic rings. The van der Waals surface area contributed by atoms with Crippen molar-refractivity contribution in [1.82, 2.24) is 9.47 Å². The van der Waals surface area contributed by atoms with Gasteiger partial charge in [0.05, 0.1) is 18.7 Å². The Balaban J connectivity index is 1.90. The van der Waals surface area contributed by atoms with E-state index in [4.69, 9.17) is 4.74 Å². The van der Waals surface area contributed by atoms with E-state index >= 15 is 0 Å². The van der Waals surface area contributed by atoms with Gasteiger partial charge in [0.15, 0.2) is 0 Å². The summed E-state index contributed by atoms with van der Waals surface area (Å²) in [5, 5.41) is 12.9. The van der Waals surface area contributed by atoms with Crippen LogP contribution in [-0.2, 0) is 21.7 Å². The lowest BCUT2D eigenvalue weighted by atomic mass is 9.62. The lowest BCUT2D eigenvalue weighted by Crippen LogP contribution is -2.60. The molecule has 1 saturated heterocycles. The van der Waals surface area contributed by atoms with E-state index in [0.717, 1.165) is 59.8 Å². The third kappa shape index (κ3) is 2.15. The minimum Gasteiger partial charge on any atom is -0.465 e. The van der Waals surface area contributed by atoms with Crippen LogP contribution in [0.3, 0.4) is 0 Å². The quantitative estimate of drug-likeness (QED) is 0.734. The van der Waals surface area contributed by atoms with Crippen molar-refractivity contribution in [2.45, 2.75) is 50.8 Å². The highest BCUT2D eigenvalue weighted by molar-refractivity contribution is 9.10. The number of carbonyl (C=O) groups excluding carboxylic acids is 1. The molecule has 1 fully saturated rings. The molecule has 3 atom stereocenters. The van der Waals surface area contributed by atoms with Crippen molar-refractivity contribution in [2.75, 3.05) is 20.2 Å². The van der Waals surface area contributed by atoms with Gasteiger partial charge in [-0.1, -0.05) is 28.9 Å². The predicted molar refractivity (Wildman–Crippen MR) is 106 cm³/mol. The third-order valence-electron chi connectivity index (χ3n) is 7.23. The number of esters is 1. The number of benzene rings is 1. The number of aromatic nitrogens is 1. The SMILES string of the molecule is CC[C@]12CCCN3CCc4c(n(c5cc(Br)ccc45)[C@](O)(C(=O)OC)C1)[C@@H]32. The molecule has 1 aromatic heterocycles. The topological polar surface area (TPSA) is 54.7 Å². The fourth-order valence-electron chi connectivity index (χ4n) is 6.12. The van der Waals surface area contributed by atoms with Crippen molar-refractivity contribution in [3.8, 4) is 0 Å². The molecule has 1 aromatic carbocycles. The van der Waals surface area contributed by atoms with Crippen LogP contribution in [0.5, 0.6) is 0 Å². The van der Waals surface area contributed by atoms with Crippen LogP contribution in [0.1, 0.15) is 49.9 Å². The van der Waals surface area contributed by atoms with E-state index in [1.54, 1.807) is 0 Å². The van der Waals surface area contributed by atoms with Gasteiger partial charge in [0.25, 0.3) is 0 Å². The Morgan fingerprint density at radius 1 is 1.41 bits per heavy atom. The highest BCUT2D eigenvalue weighted by atomic mass is 79.9. The summed E-state index contributed by atoms with van der Waals surface area (Å²) in [6.07, 6.45) is 4.45. The zero-order valence-corrected chi connectivity index (χ0v) is 17.4. The summed E-state index contributed by atoms with van der Waals surface area (Å²) in [4.78, 5) is 15.5. The number of methoxy groups -OCH3 is 1. The van der Waals surface area contributed by atoms with Crippen LogP contribution in [0, 0.1) is 5.41 Å². The first-order chi connectivity index (χ1) is 12.9. The van der Waals surface area contributed by atoms with Crippen LogP contribution in [0.4, 0.5) is 0 Å². The predicted octanol–water partition coefficient (Wildman–Crippen LogP) is 3.72. The summed E-state index contributed by atoms with van der Waals surface area (Å²) in [5.74, 6) is -0.559. The number of halogens is 1. The molecule has 0 bridgehead atoms. The largest absolute Gasteiger partial charge is 0.465 e. The maximum absolute atomic E-state index is 12.9. The minimum atomic E-state index is -1.66. The number of carbonyl (C=O) groups is 1. The standard InChI is InChI=1S/C21H25BrN2O3/c1-3-20-8-4-9-23-10-7-15-14-6-5-13(22)11-16(14)24(17(15)18(20)23)21(26,12-20)19(25)27-2/h5-6,11,18,26H,3-4,7-10,12H2,1-2H3/t18-,20+,21-/m1/s1. The van der Waals surface area contributed by atoms with E-state index in [0.29, 0.717) is 6.42 Å². The van der Waals surface area contributed by atoms with E-state index in [1.165, 1.54) is 12.7 Å². The molecule has 0 unspecified atom stereocenters. The van der Waals surface area contributed by atoms with E-state index in [9.17, 15) is 9.90 Å². The summed E-state index contributed by atoms with van der Waals surface area (Å²) in [6, 6.07) is 6.44. The van der Waals surface area contributed by atoms with Crippen LogP contribution < -0.4 is 0 Å². The van der Waals surface area contributed by atoms with Gasteiger partial charge in [-0.05, 0) is 55.3 Å². The van der Waals surface area contributed by atoms with Crippen molar-refractivity contribution in [3.63, 3.8) is 0 Å². The Morgan fingerprint density at radius 3 is 2.96 bits per heavy atom. The monoisotopic (exact) mass is 432 g/mol. The van der Waals surface area contributed by atoms with E-state index in [-0.39, 0.29) is 11.5 Å². The summed E-state index contributed by atoms with van der Waals surface area (Å²) in [6.45, 7) is 4.34. The zero-order chi connectivity index (χ0) is 19.0. The van der Waals surface area contributed by atoms with Gasteiger partial charge in [-0.2, -0.15) is 0 Å². The Labute approximate surface area is 167 Å². The lowest BCUT2D eigenvalue weighted by Gasteiger charge is -2.57. The Kier molecular flexibility index (Phi) is 3.81. The van der Waals surface area contributed by atoms with Crippen molar-refractivity contribution in [2.24, 2.45) is 5.41 Å². The molecule has 27 heavy (non-hydrogen) atoms. The number of hydrogen-bond acceptors (Lipinski definition) is 4. The van der Waals surface area contributed by atoms with Crippen molar-refractivity contribution in [1.29, 1.82) is 0 Å². The molecule has 2 aromatic rings. The van der Waals surface area contributed by atoms with Crippen LogP contribution in [0.15, 0.2) is 22.7 Å². The highest BCUT2D eigenvalue weighted by Gasteiger charge is 2.60. The fourth-order valence-corrected chi connectivity index (χ4v) is 6.47. The smallest absolute Gasteiger partial charge is 0.359 e. The molecule has 0 radical (unpaired) electrons. The first-order valence-electron chi connectivity index (χ1n) is 9.83. The average Bonchev–Trinajstić information content (AvgIpc) is 3.01. The molecule has 0 aliphatic carbocycles. The normalized spacial score (nSPS) is 32.4. The molecule has 6 heteroatoms. The average molecular weight is 433 g/mol. The molecule has 144 valence electrons. The lowest BCUT2D eigenvalue weighted by molar-refractivity contribution is -0.194. The molecule has 0 amide bonds. The molecule has 4 heterocycles. The third-order valence-corrected chi connectivity index (χ3v) is 7.73. The Bertz CT molecular complexity index is 955. The second-order valence-corrected chi connectivity index (χ2v) is 9.27. The van der Waals surface area contributed by atoms with Crippen molar-refractivity contribution < 1.29 is 14.6 Å². The Hall–Kier alpha value is -1.37. The second kappa shape index (κ2) is 5.82. The molecule has 3 aliphatic heterocycles. The number of fused-ring (bicyclic) bond motifs is 3. The number of aliphatic hydroxyl groups is 1. The van der Waals surface area contributed by atoms with Gasteiger partial charge in [-0.15, -0.1) is 0 Å². The molecule has 1 N–H and O–H groups in total. The highest BCUT2D eigenvalue weighted by Crippen LogP contribution is 2.60. The molecule has 5 rings (SSSR count). The molecular weight excluding hydrogens is 408 g/mol. The maximum atomic E-state index is 12.9. The van der Waals surface area contributed by atoms with E-state index in [2.05, 4.69) is 33.8 Å². The number of rotatable bonds is 2. The van der Waals surface area contributed by atoms with Gasteiger partial charge in [0, 0.05) is 28.5 Å². The molecule has 5 nitrogen and oxygen atoms in total. The summed E-state index contributed by atoms with van der Waals surface area (Å²) in [7, 11) is 1.37. The fraction of sp³-hybridized carbons (Fsp3) is 0.571. The van der Waals surface area contributed by atoms with Gasteiger partial charge >= 0.3 is 5.97 Å². The number of ether oxygens (including phenoxy) is 1. The van der Waals surface area contributed by atoms with E-state index < -0.39 is 11.7 Å². The second-order valence-electron chi connectivity index (χ2n) is 8.35. The Morgan fingerprint density at radius 2 is 2.22 bits per heavy atom. The first kappa shape index (κ1) is 17.7. The number of nitrogens with zero attached hydrogens (tertiary/aromatic N) is 2. The van der Waals surface area contributed by atoms with Gasteiger partial charge < -0.3 is 14.4 Å². The van der Waals surface area contributed by atoms with Gasteiger partial charge in [-0.3, -0.25) is 4.90 Å². The summed E-state index contributed by atoms with van der Waals surface area (Å²) >= 11 is 3.57. The van der Waals surface area contributed by atoms with Crippen LogP contribution in [0.2, 0.25) is 0 Å². The number of hydrogen-bond donors (Lipinski definition) is 1. The molecular formula is C21H25BrN2O3. The first-order valence-corrected chi connectivity index (χ1v) is 10.6. The maximum Gasteiger partial charge on any atom is 0.359 e. The summed E-state index contributed by atoms with van der Waals surface area (Å²) < 4.78 is 7.97. The minimum absolute atomic E-state index is 0.0992. The molecule has 0 spiro atoms. The van der Waals surface area contributed by atoms with Crippen LogP contribution in [-0.4, -0.2) is 40.7 Å². The van der Waals surface area contributed by atoms with Crippen molar-refractivity contribution in [3.05, 3.63) is 33.9 Å². The summed E-state index contributed by atoms with van der Waals surface area (Å²) in [5.41, 5.74) is 1.58. The van der Waals surface area contributed by atoms with Gasteiger partial charge in [-0.25, -0.2) is 4.79 Å².